The molecule has 3 saturated heterocycles. The van der Waals surface area contributed by atoms with Crippen LogP contribution in [0.4, 0.5) is 0 Å². The fraction of sp³-hybridized carbons (Fsp3) is 0.256. The number of piperidine rings is 3. The molecule has 4 unspecified atom stereocenters. The van der Waals surface area contributed by atoms with Gasteiger partial charge in [0.15, 0.2) is 5.75 Å². The molecule has 4 heterocycles. The fourth-order valence-corrected chi connectivity index (χ4v) is 7.53. The normalized spacial score (nSPS) is 22.5. The van der Waals surface area contributed by atoms with Crippen LogP contribution in [0.25, 0.3) is 33.2 Å². The summed E-state index contributed by atoms with van der Waals surface area (Å²) in [6.07, 6.45) is 7.21. The monoisotopic (exact) mass is 583 g/mol. The topological polar surface area (TPSA) is 40.6 Å². The van der Waals surface area contributed by atoms with Gasteiger partial charge in [-0.2, -0.15) is 0 Å². The van der Waals surface area contributed by atoms with Crippen LogP contribution in [0, 0.1) is 11.8 Å². The Balaban J connectivity index is 1.33. The second kappa shape index (κ2) is 11.8. The highest BCUT2D eigenvalue weighted by molar-refractivity contribution is 5.85. The molecule has 3 aliphatic heterocycles. The van der Waals surface area contributed by atoms with Crippen LogP contribution in [0.15, 0.2) is 116 Å². The molecule has 0 spiro atoms. The van der Waals surface area contributed by atoms with Crippen LogP contribution in [0.5, 0.6) is 17.2 Å². The summed E-state index contributed by atoms with van der Waals surface area (Å²) in [7, 11) is 3.47. The number of hydroxylamine groups is 3. The fourth-order valence-electron chi connectivity index (χ4n) is 7.53. The number of pyridine rings is 1. The van der Waals surface area contributed by atoms with Crippen molar-refractivity contribution in [1.82, 2.24) is 4.98 Å². The predicted molar refractivity (Wildman–Crippen MR) is 177 cm³/mol. The number of ether oxygens (including phenoxy) is 2. The molecule has 0 radical (unpaired) electrons. The smallest absolute Gasteiger partial charge is 0.191 e. The first kappa shape index (κ1) is 28.2. The molecule has 0 aliphatic carbocycles. The van der Waals surface area contributed by atoms with E-state index in [1.807, 2.05) is 30.5 Å². The minimum absolute atomic E-state index is 0.296. The standard InChI is InChI=1S/C39H39N2O3/c1-4-27-26-41(20-18-30(27)21-32(41)22-31-17-19-40-38-16-15-33(42-2)23-35(31)38)44-34-24-36(28-11-7-5-8-12-28)39(43-3)37(25-34)29-13-9-6-10-14-29/h4-17,19,23-25,27,30,32H,1,18,20-22,26H2,2-3H3/q+1. The molecule has 3 fully saturated rings. The molecule has 8 rings (SSSR count). The summed E-state index contributed by atoms with van der Waals surface area (Å²) < 4.78 is 12.3. The van der Waals surface area contributed by atoms with Crippen molar-refractivity contribution in [2.24, 2.45) is 11.8 Å². The van der Waals surface area contributed by atoms with Crippen molar-refractivity contribution in [3.05, 3.63) is 121 Å². The molecule has 4 aromatic carbocycles. The second-order valence-corrected chi connectivity index (χ2v) is 12.1. The molecule has 0 saturated carbocycles. The van der Waals surface area contributed by atoms with Crippen molar-refractivity contribution in [3.8, 4) is 39.5 Å². The summed E-state index contributed by atoms with van der Waals surface area (Å²) >= 11 is 0. The number of rotatable bonds is 9. The van der Waals surface area contributed by atoms with Crippen molar-refractivity contribution in [3.63, 3.8) is 0 Å². The average molecular weight is 584 g/mol. The van der Waals surface area contributed by atoms with Gasteiger partial charge in [0.05, 0.1) is 19.7 Å². The number of methoxy groups -OCH3 is 2. The Labute approximate surface area is 259 Å². The van der Waals surface area contributed by atoms with Gasteiger partial charge in [0, 0.05) is 47.9 Å². The molecule has 3 aliphatic rings. The van der Waals surface area contributed by atoms with Gasteiger partial charge in [-0.25, -0.2) is 0 Å². The molecule has 5 nitrogen and oxygen atoms in total. The van der Waals surface area contributed by atoms with Crippen LogP contribution < -0.4 is 14.3 Å². The zero-order valence-corrected chi connectivity index (χ0v) is 25.5. The quantitative estimate of drug-likeness (QED) is 0.129. The van der Waals surface area contributed by atoms with E-state index in [0.717, 1.165) is 82.8 Å². The molecule has 5 heteroatoms. The van der Waals surface area contributed by atoms with Crippen LogP contribution in [-0.4, -0.2) is 43.0 Å². The Morgan fingerprint density at radius 1 is 0.841 bits per heavy atom. The van der Waals surface area contributed by atoms with Crippen LogP contribution in [-0.2, 0) is 6.42 Å². The summed E-state index contributed by atoms with van der Waals surface area (Å²) in [6, 6.07) is 33.9. The van der Waals surface area contributed by atoms with E-state index in [-0.39, 0.29) is 0 Å². The number of quaternary nitrogens is 1. The lowest BCUT2D eigenvalue weighted by atomic mass is 9.73. The number of benzene rings is 4. The molecule has 5 aromatic rings. The number of hydrogen-bond donors (Lipinski definition) is 0. The van der Waals surface area contributed by atoms with Crippen LogP contribution >= 0.6 is 0 Å². The summed E-state index contributed by atoms with van der Waals surface area (Å²) in [5.41, 5.74) is 6.53. The summed E-state index contributed by atoms with van der Waals surface area (Å²) in [5.74, 6) is 3.61. The van der Waals surface area contributed by atoms with E-state index in [9.17, 15) is 0 Å². The van der Waals surface area contributed by atoms with Crippen LogP contribution in [0.2, 0.25) is 0 Å². The third-order valence-corrected chi connectivity index (χ3v) is 9.76. The highest BCUT2D eigenvalue weighted by Gasteiger charge is 2.54. The van der Waals surface area contributed by atoms with E-state index in [1.165, 1.54) is 5.56 Å². The van der Waals surface area contributed by atoms with Crippen LogP contribution in [0.1, 0.15) is 18.4 Å². The minimum Gasteiger partial charge on any atom is -0.497 e. The van der Waals surface area contributed by atoms with Gasteiger partial charge in [-0.05, 0) is 59.0 Å². The lowest BCUT2D eigenvalue weighted by Gasteiger charge is -2.54. The van der Waals surface area contributed by atoms with Crippen molar-refractivity contribution < 1.29 is 19.0 Å². The molecular weight excluding hydrogens is 544 g/mol. The zero-order chi connectivity index (χ0) is 30.1. The number of fused-ring (bicyclic) bond motifs is 4. The first-order valence-corrected chi connectivity index (χ1v) is 15.5. The van der Waals surface area contributed by atoms with Gasteiger partial charge in [0.2, 0.25) is 0 Å². The maximum atomic E-state index is 7.32. The van der Waals surface area contributed by atoms with Gasteiger partial charge in [-0.3, -0.25) is 4.98 Å². The van der Waals surface area contributed by atoms with Crippen molar-refractivity contribution in [1.29, 1.82) is 0 Å². The van der Waals surface area contributed by atoms with Gasteiger partial charge >= 0.3 is 0 Å². The highest BCUT2D eigenvalue weighted by atomic mass is 16.7. The summed E-state index contributed by atoms with van der Waals surface area (Å²) in [6.45, 7) is 6.12. The molecule has 4 atom stereocenters. The maximum Gasteiger partial charge on any atom is 0.191 e. The van der Waals surface area contributed by atoms with Crippen molar-refractivity contribution in [2.75, 3.05) is 27.3 Å². The first-order chi connectivity index (χ1) is 21.6. The Bertz CT molecular complexity index is 1730. The summed E-state index contributed by atoms with van der Waals surface area (Å²) in [4.78, 5) is 12.0. The highest BCUT2D eigenvalue weighted by Crippen LogP contribution is 2.47. The number of aromatic nitrogens is 1. The Kier molecular flexibility index (Phi) is 7.57. The van der Waals surface area contributed by atoms with Crippen LogP contribution in [0.3, 0.4) is 0 Å². The number of hydrogen-bond acceptors (Lipinski definition) is 4. The van der Waals surface area contributed by atoms with Crippen molar-refractivity contribution >= 4 is 10.9 Å². The third kappa shape index (κ3) is 5.11. The lowest BCUT2D eigenvalue weighted by Crippen LogP contribution is -2.68. The first-order valence-electron chi connectivity index (χ1n) is 15.5. The van der Waals surface area contributed by atoms with E-state index in [4.69, 9.17) is 14.3 Å². The Hall–Kier alpha value is -4.61. The van der Waals surface area contributed by atoms with E-state index in [1.54, 1.807) is 14.2 Å². The summed E-state index contributed by atoms with van der Waals surface area (Å²) in [5, 5.41) is 1.15. The predicted octanol–water partition coefficient (Wildman–Crippen LogP) is 8.53. The van der Waals surface area contributed by atoms with Gasteiger partial charge in [0.1, 0.15) is 30.6 Å². The molecule has 0 N–H and O–H groups in total. The molecule has 44 heavy (non-hydrogen) atoms. The van der Waals surface area contributed by atoms with E-state index in [0.29, 0.717) is 22.5 Å². The maximum absolute atomic E-state index is 7.32. The average Bonchev–Trinajstić information content (AvgIpc) is 3.09. The van der Waals surface area contributed by atoms with Gasteiger partial charge < -0.3 is 14.3 Å². The third-order valence-electron chi connectivity index (χ3n) is 9.76. The van der Waals surface area contributed by atoms with E-state index < -0.39 is 0 Å². The SMILES string of the molecule is C=CC1C[N+]2(Oc3cc(-c4ccccc4)c(OC)c(-c4ccccc4)c3)CCC1CC2Cc1ccnc2ccc(OC)cc12. The Morgan fingerprint density at radius 3 is 2.18 bits per heavy atom. The molecular formula is C39H39N2O3+. The lowest BCUT2D eigenvalue weighted by molar-refractivity contribution is -1.11. The number of nitrogens with zero attached hydrogens (tertiary/aromatic N) is 2. The zero-order valence-electron chi connectivity index (χ0n) is 25.5. The Morgan fingerprint density at radius 2 is 1.55 bits per heavy atom. The second-order valence-electron chi connectivity index (χ2n) is 12.1. The van der Waals surface area contributed by atoms with Gasteiger partial charge in [0.25, 0.3) is 0 Å². The van der Waals surface area contributed by atoms with Gasteiger partial charge in [-0.15, -0.1) is 11.2 Å². The van der Waals surface area contributed by atoms with Gasteiger partial charge in [-0.1, -0.05) is 66.7 Å². The minimum atomic E-state index is 0.296. The molecule has 1 aromatic heterocycles. The van der Waals surface area contributed by atoms with E-state index in [2.05, 4.69) is 90.4 Å². The molecule has 2 bridgehead atoms. The molecule has 222 valence electrons. The molecule has 0 amide bonds. The van der Waals surface area contributed by atoms with E-state index >= 15 is 0 Å². The largest absolute Gasteiger partial charge is 0.497 e. The van der Waals surface area contributed by atoms with Crippen molar-refractivity contribution in [2.45, 2.75) is 25.3 Å².